The van der Waals surface area contributed by atoms with Gasteiger partial charge in [0.1, 0.15) is 23.2 Å². The van der Waals surface area contributed by atoms with Gasteiger partial charge >= 0.3 is 16.2 Å². The number of ether oxygens (including phenoxy) is 1. The van der Waals surface area contributed by atoms with Crippen LogP contribution in [-0.4, -0.2) is 55.0 Å². The molecular weight excluding hydrogens is 597 g/mol. The van der Waals surface area contributed by atoms with E-state index in [1.165, 1.54) is 30.5 Å². The first-order chi connectivity index (χ1) is 21.4. The summed E-state index contributed by atoms with van der Waals surface area (Å²) < 4.78 is 50.4. The van der Waals surface area contributed by atoms with Gasteiger partial charge in [0.15, 0.2) is 0 Å². The van der Waals surface area contributed by atoms with E-state index in [2.05, 4.69) is 10.3 Å². The summed E-state index contributed by atoms with van der Waals surface area (Å²) in [5.74, 6) is -0.243. The molecule has 236 valence electrons. The molecule has 1 atom stereocenters. The van der Waals surface area contributed by atoms with Crippen LogP contribution in [0.25, 0.3) is 10.8 Å². The minimum Gasteiger partial charge on any atom is -0.444 e. The van der Waals surface area contributed by atoms with Crippen molar-refractivity contribution >= 4 is 32.9 Å². The maximum Gasteiger partial charge on any atom is 0.408 e. The third-order valence-corrected chi connectivity index (χ3v) is 8.79. The molecule has 9 nitrogen and oxygen atoms in total. The van der Waals surface area contributed by atoms with Crippen molar-refractivity contribution in [3.63, 3.8) is 0 Å². The second-order valence-electron chi connectivity index (χ2n) is 12.1. The Hall–Kier alpha value is -4.51. The lowest BCUT2D eigenvalue weighted by Crippen LogP contribution is -2.52. The summed E-state index contributed by atoms with van der Waals surface area (Å²) >= 11 is 0. The third-order valence-electron chi connectivity index (χ3n) is 7.58. The molecule has 1 aromatic heterocycles. The molecule has 2 amide bonds. The zero-order chi connectivity index (χ0) is 32.2. The summed E-state index contributed by atoms with van der Waals surface area (Å²) in [4.78, 5) is 32.2. The molecular formula is C34H36FN3O6S. The maximum atomic E-state index is 13.7. The van der Waals surface area contributed by atoms with E-state index in [-0.39, 0.29) is 34.8 Å². The molecule has 1 saturated heterocycles. The van der Waals surface area contributed by atoms with E-state index in [9.17, 15) is 22.4 Å². The molecule has 0 aliphatic carbocycles. The smallest absolute Gasteiger partial charge is 0.408 e. The number of hydrogen-bond acceptors (Lipinski definition) is 7. The Morgan fingerprint density at radius 1 is 0.978 bits per heavy atom. The number of nitrogens with one attached hydrogen (secondary N) is 1. The Kier molecular flexibility index (Phi) is 9.38. The fourth-order valence-electron chi connectivity index (χ4n) is 5.41. The first-order valence-corrected chi connectivity index (χ1v) is 16.2. The summed E-state index contributed by atoms with van der Waals surface area (Å²) in [5, 5.41) is 3.72. The topological polar surface area (TPSA) is 115 Å². The second-order valence-corrected chi connectivity index (χ2v) is 13.5. The number of carbonyl (C=O) groups is 2. The number of piperidine rings is 1. The molecule has 45 heavy (non-hydrogen) atoms. The van der Waals surface area contributed by atoms with Crippen molar-refractivity contribution in [1.82, 2.24) is 15.2 Å². The number of likely N-dealkylation sites (tertiary alicyclic amines) is 1. The van der Waals surface area contributed by atoms with Crippen LogP contribution >= 0.6 is 0 Å². The SMILES string of the molecule is CC(C)(C)OC(=O)N[C@@H](Cc1ccc(OS(=O)(=O)c2nccc3ccccc23)cc1)C(=O)N1CCC(c2ccc(F)cc2)CC1. The van der Waals surface area contributed by atoms with Crippen LogP contribution < -0.4 is 9.50 Å². The van der Waals surface area contributed by atoms with E-state index in [4.69, 9.17) is 8.92 Å². The number of aromatic nitrogens is 1. The summed E-state index contributed by atoms with van der Waals surface area (Å²) in [5.41, 5.74) is 0.959. The van der Waals surface area contributed by atoms with Gasteiger partial charge in [0.2, 0.25) is 10.9 Å². The fraction of sp³-hybridized carbons (Fsp3) is 0.324. The lowest BCUT2D eigenvalue weighted by atomic mass is 9.89. The molecule has 0 bridgehead atoms. The van der Waals surface area contributed by atoms with Crippen molar-refractivity contribution in [3.8, 4) is 5.75 Å². The van der Waals surface area contributed by atoms with Gasteiger partial charge in [-0.1, -0.05) is 48.5 Å². The highest BCUT2D eigenvalue weighted by atomic mass is 32.2. The largest absolute Gasteiger partial charge is 0.444 e. The van der Waals surface area contributed by atoms with Crippen molar-refractivity contribution in [2.24, 2.45) is 0 Å². The van der Waals surface area contributed by atoms with Gasteiger partial charge in [0, 0.05) is 31.1 Å². The van der Waals surface area contributed by atoms with Crippen LogP contribution in [0.3, 0.4) is 0 Å². The second kappa shape index (κ2) is 13.2. The zero-order valence-corrected chi connectivity index (χ0v) is 26.2. The normalized spacial score (nSPS) is 15.0. The van der Waals surface area contributed by atoms with Crippen molar-refractivity contribution in [1.29, 1.82) is 0 Å². The summed E-state index contributed by atoms with van der Waals surface area (Å²) in [6.45, 7) is 6.19. The number of halogens is 1. The van der Waals surface area contributed by atoms with Crippen LogP contribution in [0.2, 0.25) is 0 Å². The minimum atomic E-state index is -4.23. The average Bonchev–Trinajstić information content (AvgIpc) is 3.00. The molecule has 2 heterocycles. The van der Waals surface area contributed by atoms with E-state index >= 15 is 0 Å². The number of pyridine rings is 1. The Morgan fingerprint density at radius 2 is 1.64 bits per heavy atom. The van der Waals surface area contributed by atoms with Gasteiger partial charge in [-0.05, 0) is 86.4 Å². The van der Waals surface area contributed by atoms with Crippen LogP contribution in [0, 0.1) is 5.82 Å². The maximum absolute atomic E-state index is 13.7. The van der Waals surface area contributed by atoms with Crippen LogP contribution in [0.4, 0.5) is 9.18 Å². The first kappa shape index (κ1) is 31.9. The van der Waals surface area contributed by atoms with Crippen LogP contribution in [0.15, 0.2) is 90.1 Å². The van der Waals surface area contributed by atoms with Gasteiger partial charge in [-0.15, -0.1) is 0 Å². The lowest BCUT2D eigenvalue weighted by molar-refractivity contribution is -0.134. The number of benzene rings is 3. The van der Waals surface area contributed by atoms with Crippen molar-refractivity contribution in [3.05, 3.63) is 102 Å². The summed E-state index contributed by atoms with van der Waals surface area (Å²) in [6, 6.07) is 20.6. The van der Waals surface area contributed by atoms with Gasteiger partial charge in [-0.25, -0.2) is 14.2 Å². The molecule has 0 spiro atoms. The summed E-state index contributed by atoms with van der Waals surface area (Å²) in [7, 11) is -4.23. The molecule has 1 aliphatic heterocycles. The molecule has 0 radical (unpaired) electrons. The van der Waals surface area contributed by atoms with Crippen LogP contribution in [0.1, 0.15) is 50.7 Å². The average molecular weight is 634 g/mol. The summed E-state index contributed by atoms with van der Waals surface area (Å²) in [6.07, 6.45) is 2.27. The molecule has 4 aromatic rings. The number of rotatable bonds is 8. The van der Waals surface area contributed by atoms with Crippen molar-refractivity contribution in [2.75, 3.05) is 13.1 Å². The highest BCUT2D eigenvalue weighted by molar-refractivity contribution is 7.87. The van der Waals surface area contributed by atoms with Gasteiger partial charge in [-0.3, -0.25) is 4.79 Å². The number of carbonyl (C=O) groups excluding carboxylic acids is 2. The Balaban J connectivity index is 1.28. The molecule has 11 heteroatoms. The van der Waals surface area contributed by atoms with Gasteiger partial charge in [-0.2, -0.15) is 8.42 Å². The standard InChI is InChI=1S/C34H36FN3O6S/c1-34(2,3)43-33(40)37-30(32(39)38-20-17-25(18-21-38)24-10-12-27(35)13-11-24)22-23-8-14-28(15-9-23)44-45(41,42)31-29-7-5-4-6-26(29)16-19-36-31/h4-16,19,25,30H,17-18,20-22H2,1-3H3,(H,37,40)/t30-/m0/s1. The van der Waals surface area contributed by atoms with E-state index in [1.54, 1.807) is 74.2 Å². The molecule has 0 saturated carbocycles. The van der Waals surface area contributed by atoms with Crippen LogP contribution in [0.5, 0.6) is 5.75 Å². The van der Waals surface area contributed by atoms with Gasteiger partial charge in [0.05, 0.1) is 0 Å². The molecule has 1 fully saturated rings. The zero-order valence-electron chi connectivity index (χ0n) is 25.4. The number of nitrogens with zero attached hydrogens (tertiary/aromatic N) is 2. The number of amides is 2. The molecule has 1 aliphatic rings. The number of fused-ring (bicyclic) bond motifs is 1. The fourth-order valence-corrected chi connectivity index (χ4v) is 6.50. The van der Waals surface area contributed by atoms with Gasteiger partial charge < -0.3 is 19.1 Å². The Bertz CT molecular complexity index is 1760. The van der Waals surface area contributed by atoms with E-state index in [0.717, 1.165) is 10.9 Å². The third kappa shape index (κ3) is 8.16. The molecule has 1 N–H and O–H groups in total. The monoisotopic (exact) mass is 633 g/mol. The molecule has 5 rings (SSSR count). The predicted molar refractivity (Wildman–Crippen MR) is 168 cm³/mol. The predicted octanol–water partition coefficient (Wildman–Crippen LogP) is 5.98. The molecule has 0 unspecified atom stereocenters. The highest BCUT2D eigenvalue weighted by Crippen LogP contribution is 2.29. The Morgan fingerprint density at radius 3 is 2.31 bits per heavy atom. The van der Waals surface area contributed by atoms with E-state index in [0.29, 0.717) is 36.9 Å². The van der Waals surface area contributed by atoms with E-state index in [1.807, 2.05) is 6.07 Å². The van der Waals surface area contributed by atoms with Crippen LogP contribution in [-0.2, 0) is 26.1 Å². The Labute approximate surface area is 262 Å². The van der Waals surface area contributed by atoms with Gasteiger partial charge in [0.25, 0.3) is 0 Å². The highest BCUT2D eigenvalue weighted by Gasteiger charge is 2.31. The van der Waals surface area contributed by atoms with Crippen molar-refractivity contribution in [2.45, 2.75) is 62.6 Å². The first-order valence-electron chi connectivity index (χ1n) is 14.8. The quantitative estimate of drug-likeness (QED) is 0.237. The molecule has 3 aromatic carbocycles. The lowest BCUT2D eigenvalue weighted by Gasteiger charge is -2.35. The number of hydrogen-bond donors (Lipinski definition) is 1. The van der Waals surface area contributed by atoms with Crippen molar-refractivity contribution < 1.29 is 31.3 Å². The minimum absolute atomic E-state index is 0.0827. The van der Waals surface area contributed by atoms with E-state index < -0.39 is 27.9 Å². The number of alkyl carbamates (subject to hydrolysis) is 1.